The summed E-state index contributed by atoms with van der Waals surface area (Å²) in [4.78, 5) is 35.5. The number of rotatable bonds is 15. The maximum Gasteiger partial charge on any atom is 0.288 e. The molecule has 3 saturated carbocycles. The van der Waals surface area contributed by atoms with Crippen molar-refractivity contribution in [3.05, 3.63) is 106 Å². The van der Waals surface area contributed by atoms with Gasteiger partial charge in [0.05, 0.1) is 39.8 Å². The topological polar surface area (TPSA) is 198 Å². The summed E-state index contributed by atoms with van der Waals surface area (Å²) in [7, 11) is -4.65. The Balaban J connectivity index is 0.844. The quantitative estimate of drug-likeness (QED) is 0.0573. The Kier molecular flexibility index (Phi) is 12.5. The van der Waals surface area contributed by atoms with Crippen molar-refractivity contribution in [1.29, 1.82) is 0 Å². The minimum Gasteiger partial charge on any atom is -0.491 e. The molecule has 5 aromatic rings. The van der Waals surface area contributed by atoms with E-state index in [0.717, 1.165) is 68.8 Å². The van der Waals surface area contributed by atoms with Crippen LogP contribution >= 0.6 is 11.8 Å². The summed E-state index contributed by atoms with van der Waals surface area (Å²) in [6, 6.07) is 20.4. The number of aromatic nitrogens is 2. The van der Waals surface area contributed by atoms with Crippen LogP contribution in [0.3, 0.4) is 0 Å². The zero-order valence-electron chi connectivity index (χ0n) is 37.9. The predicted octanol–water partition coefficient (Wildman–Crippen LogP) is 9.17. The fraction of sp³-hybridized carbons (Fsp3) is 0.480. The Morgan fingerprint density at radius 1 is 1.06 bits per heavy atom. The lowest BCUT2D eigenvalue weighted by Gasteiger charge is -2.53. The number of thioether (sulfide) groups is 1. The fourth-order valence-electron chi connectivity index (χ4n) is 10.7. The highest BCUT2D eigenvalue weighted by Crippen LogP contribution is 2.52. The molecule has 4 N–H and O–H groups in total. The molecule has 1 saturated heterocycles. The standard InChI is InChI=1S/C50H58N6O9S2/c1-3-63-29-41(39-7-5-4-6-38(39)31-8-9-31)53-34-26-50(27-34)17-20-55(21-18-50)35-10-11-40(43(23-35)65-36-22-33-14-19-51-47(33)52-28-36)48(57)54-67(61,62)37-24-42(56(59)60)46-44(25-37)64-30-45(66-46)32-12-15-49(2,58)16-13-32/h4-7,10-11,14,19,22-25,28,31-32,34,41,45,53,58H,3,8-9,12-13,15-18,20-21,26-27,29-30H2,1-2H3,(H,51,52)(H,54,57)/t32-,41-,45+,49-/m0/s1. The van der Waals surface area contributed by atoms with Gasteiger partial charge in [0.15, 0.2) is 0 Å². The molecule has 4 heterocycles. The van der Waals surface area contributed by atoms with Gasteiger partial charge in [-0.15, -0.1) is 11.8 Å². The molecule has 2 atom stereocenters. The third kappa shape index (κ3) is 9.75. The summed E-state index contributed by atoms with van der Waals surface area (Å²) in [6.07, 6.45) is 12.8. The number of pyridine rings is 1. The van der Waals surface area contributed by atoms with E-state index >= 15 is 0 Å². The van der Waals surface area contributed by atoms with Gasteiger partial charge < -0.3 is 34.5 Å². The molecule has 15 nitrogen and oxygen atoms in total. The Labute approximate surface area is 395 Å². The van der Waals surface area contributed by atoms with Gasteiger partial charge in [-0.3, -0.25) is 14.9 Å². The smallest absolute Gasteiger partial charge is 0.288 e. The van der Waals surface area contributed by atoms with Gasteiger partial charge in [-0.05, 0) is 131 Å². The van der Waals surface area contributed by atoms with Crippen LogP contribution in [0.25, 0.3) is 11.0 Å². The number of sulfonamides is 1. The van der Waals surface area contributed by atoms with Crippen LogP contribution in [-0.2, 0) is 14.8 Å². The lowest BCUT2D eigenvalue weighted by atomic mass is 9.60. The summed E-state index contributed by atoms with van der Waals surface area (Å²) in [5.41, 5.74) is 3.36. The molecule has 0 radical (unpaired) electrons. The molecule has 0 bridgehead atoms. The summed E-state index contributed by atoms with van der Waals surface area (Å²) in [6.45, 7) is 7.02. The van der Waals surface area contributed by atoms with Crippen LogP contribution in [-0.4, -0.2) is 84.1 Å². The number of nitrogens with one attached hydrogen (secondary N) is 3. The highest BCUT2D eigenvalue weighted by atomic mass is 32.2. The Bertz CT molecular complexity index is 2770. The van der Waals surface area contributed by atoms with Crippen molar-refractivity contribution in [2.45, 2.75) is 117 Å². The number of fused-ring (bicyclic) bond motifs is 2. The number of nitrogens with zero attached hydrogens (tertiary/aromatic N) is 3. The number of hydrogen-bond acceptors (Lipinski definition) is 13. The van der Waals surface area contributed by atoms with E-state index in [1.54, 1.807) is 30.5 Å². The van der Waals surface area contributed by atoms with Crippen LogP contribution in [0.4, 0.5) is 11.4 Å². The van der Waals surface area contributed by atoms with Gasteiger partial charge in [0, 0.05) is 66.5 Å². The van der Waals surface area contributed by atoms with Crippen molar-refractivity contribution in [3.8, 4) is 17.2 Å². The van der Waals surface area contributed by atoms with Crippen molar-refractivity contribution in [1.82, 2.24) is 20.0 Å². The average molecular weight is 951 g/mol. The molecule has 0 unspecified atom stereocenters. The minimum absolute atomic E-state index is 0.0405. The average Bonchev–Trinajstić information content (AvgIpc) is 4.05. The van der Waals surface area contributed by atoms with E-state index < -0.39 is 37.0 Å². The molecule has 3 aromatic carbocycles. The number of benzene rings is 3. The first-order valence-electron chi connectivity index (χ1n) is 23.6. The second kappa shape index (κ2) is 18.4. The first kappa shape index (κ1) is 45.6. The van der Waals surface area contributed by atoms with Crippen LogP contribution in [0.5, 0.6) is 17.2 Å². The lowest BCUT2D eigenvalue weighted by Crippen LogP contribution is -2.54. The van der Waals surface area contributed by atoms with Gasteiger partial charge >= 0.3 is 0 Å². The second-order valence-electron chi connectivity index (χ2n) is 19.5. The van der Waals surface area contributed by atoms with Crippen LogP contribution in [0.2, 0.25) is 0 Å². The molecular formula is C50H58N6O9S2. The molecule has 2 aromatic heterocycles. The molecular weight excluding hydrogens is 893 g/mol. The van der Waals surface area contributed by atoms with Crippen molar-refractivity contribution >= 4 is 50.1 Å². The Hall–Kier alpha value is -5.20. The Morgan fingerprint density at radius 2 is 1.84 bits per heavy atom. The molecule has 67 heavy (non-hydrogen) atoms. The minimum atomic E-state index is -4.65. The molecule has 3 aliphatic carbocycles. The number of carbonyl (C=O) groups is 1. The number of carbonyl (C=O) groups excluding carboxylic acids is 1. The van der Waals surface area contributed by atoms with Crippen LogP contribution in [0.15, 0.2) is 88.9 Å². The number of nitro groups is 1. The number of nitro benzene ring substituents is 1. The van der Waals surface area contributed by atoms with Crippen LogP contribution in [0.1, 0.15) is 112 Å². The molecule has 4 fully saturated rings. The van der Waals surface area contributed by atoms with Gasteiger partial charge in [0.1, 0.15) is 34.4 Å². The van der Waals surface area contributed by atoms with Crippen LogP contribution < -0.4 is 24.4 Å². The van der Waals surface area contributed by atoms with Crippen molar-refractivity contribution in [3.63, 3.8) is 0 Å². The first-order chi connectivity index (χ1) is 32.2. The summed E-state index contributed by atoms with van der Waals surface area (Å²) < 4.78 is 48.5. The zero-order chi connectivity index (χ0) is 46.5. The maximum atomic E-state index is 14.1. The maximum absolute atomic E-state index is 14.1. The summed E-state index contributed by atoms with van der Waals surface area (Å²) >= 11 is 1.31. The number of aromatic amines is 1. The SMILES string of the molecule is CCOC[C@H](NC1CC2(CCN(c3ccc(C(=O)NS(=O)(=O)c4cc5c(c([N+](=O)[O-])c4)S[C@@H]([C@H]4CC[C@](C)(O)CC4)CO5)c(Oc4cnc5[nH]ccc5c4)c3)CC2)C1)c1ccccc1C1CC1. The molecule has 354 valence electrons. The van der Waals surface area contributed by atoms with E-state index in [-0.39, 0.29) is 51.2 Å². The molecule has 10 rings (SSSR count). The summed E-state index contributed by atoms with van der Waals surface area (Å²) in [5, 5.41) is 27.5. The van der Waals surface area contributed by atoms with Gasteiger partial charge in [-0.2, -0.15) is 0 Å². The van der Waals surface area contributed by atoms with Crippen LogP contribution in [0, 0.1) is 21.4 Å². The zero-order valence-corrected chi connectivity index (χ0v) is 39.5. The van der Waals surface area contributed by atoms with Crippen molar-refractivity contribution in [2.24, 2.45) is 11.3 Å². The third-order valence-electron chi connectivity index (χ3n) is 14.7. The number of H-pyrrole nitrogens is 1. The number of piperidine rings is 1. The number of amides is 1. The van der Waals surface area contributed by atoms with E-state index in [9.17, 15) is 28.4 Å². The van der Waals surface area contributed by atoms with E-state index in [1.165, 1.54) is 48.0 Å². The normalized spacial score (nSPS) is 23.2. The van der Waals surface area contributed by atoms with E-state index in [4.69, 9.17) is 14.2 Å². The van der Waals surface area contributed by atoms with Gasteiger partial charge in [-0.1, -0.05) is 24.3 Å². The highest BCUT2D eigenvalue weighted by molar-refractivity contribution is 8.00. The van der Waals surface area contributed by atoms with E-state index in [1.807, 2.05) is 19.9 Å². The number of aliphatic hydroxyl groups is 1. The largest absolute Gasteiger partial charge is 0.491 e. The third-order valence-corrected chi connectivity index (χ3v) is 17.5. The van der Waals surface area contributed by atoms with Gasteiger partial charge in [0.25, 0.3) is 21.6 Å². The van der Waals surface area contributed by atoms with Gasteiger partial charge in [0.2, 0.25) is 0 Å². The summed E-state index contributed by atoms with van der Waals surface area (Å²) in [5.74, 6) is 0.432. The molecule has 17 heteroatoms. The predicted molar refractivity (Wildman–Crippen MR) is 256 cm³/mol. The van der Waals surface area contributed by atoms with Crippen molar-refractivity contribution < 1.29 is 37.5 Å². The molecule has 2 aliphatic heterocycles. The van der Waals surface area contributed by atoms with Crippen molar-refractivity contribution in [2.75, 3.05) is 37.8 Å². The molecule has 5 aliphatic rings. The fourth-order valence-corrected chi connectivity index (χ4v) is 13.1. The lowest BCUT2D eigenvalue weighted by molar-refractivity contribution is -0.388. The monoisotopic (exact) mass is 950 g/mol. The number of anilines is 1. The molecule has 1 spiro atoms. The van der Waals surface area contributed by atoms with Gasteiger partial charge in [-0.25, -0.2) is 18.1 Å². The van der Waals surface area contributed by atoms with E-state index in [0.29, 0.717) is 49.4 Å². The highest BCUT2D eigenvalue weighted by Gasteiger charge is 2.47. The van der Waals surface area contributed by atoms with E-state index in [2.05, 4.69) is 49.2 Å². The second-order valence-corrected chi connectivity index (χ2v) is 22.4. The molecule has 1 amide bonds. The Morgan fingerprint density at radius 3 is 2.58 bits per heavy atom. The first-order valence-corrected chi connectivity index (χ1v) is 26.0. The number of hydrogen-bond donors (Lipinski definition) is 4. The number of ether oxygens (including phenoxy) is 3.